The molecule has 0 aromatic heterocycles. The van der Waals surface area contributed by atoms with Gasteiger partial charge in [0.1, 0.15) is 12.7 Å². The van der Waals surface area contributed by atoms with Crippen molar-refractivity contribution in [2.75, 3.05) is 33.7 Å². The Labute approximate surface area is 174 Å². The molecule has 30 heavy (non-hydrogen) atoms. The van der Waals surface area contributed by atoms with E-state index in [9.17, 15) is 23.7 Å². The first kappa shape index (κ1) is 26.0. The quantitative estimate of drug-likeness (QED) is 0.160. The Balaban J connectivity index is 2.48. The summed E-state index contributed by atoms with van der Waals surface area (Å²) in [7, 11) is -2.89. The highest BCUT2D eigenvalue weighted by atomic mass is 31.2. The molecule has 1 aliphatic rings. The maximum Gasteiger partial charge on any atom is 0.478 e. The molecule has 0 aromatic rings. The van der Waals surface area contributed by atoms with Gasteiger partial charge in [-0.2, -0.15) is 0 Å². The predicted octanol–water partition coefficient (Wildman–Crippen LogP) is 1.71. The zero-order valence-electron chi connectivity index (χ0n) is 17.5. The summed E-state index contributed by atoms with van der Waals surface area (Å²) in [5.74, 6) is -1.29. The second-order valence-corrected chi connectivity index (χ2v) is 8.66. The predicted molar refractivity (Wildman–Crippen MR) is 100 cm³/mol. The van der Waals surface area contributed by atoms with Crippen LogP contribution in [0, 0.1) is 5.41 Å². The first-order chi connectivity index (χ1) is 14.0. The number of carbonyl (C=O) groups excluding carboxylic acids is 4. The van der Waals surface area contributed by atoms with Gasteiger partial charge in [0.2, 0.25) is 6.79 Å². The molecule has 2 atom stereocenters. The number of nitrogens with one attached hydrogen (secondary N) is 1. The van der Waals surface area contributed by atoms with Crippen molar-refractivity contribution >= 4 is 31.6 Å². The molecule has 0 aliphatic carbocycles. The highest BCUT2D eigenvalue weighted by Gasteiger charge is 2.48. The Morgan fingerprint density at radius 2 is 1.87 bits per heavy atom. The van der Waals surface area contributed by atoms with Crippen molar-refractivity contribution in [3.63, 3.8) is 0 Å². The van der Waals surface area contributed by atoms with Gasteiger partial charge < -0.3 is 19.5 Å². The van der Waals surface area contributed by atoms with Crippen molar-refractivity contribution in [3.05, 3.63) is 0 Å². The van der Waals surface area contributed by atoms with Gasteiger partial charge in [-0.3, -0.25) is 23.4 Å². The summed E-state index contributed by atoms with van der Waals surface area (Å²) < 4.78 is 41.9. The van der Waals surface area contributed by atoms with E-state index >= 15 is 0 Å². The molecule has 1 amide bonds. The average Bonchev–Trinajstić information content (AvgIpc) is 2.67. The van der Waals surface area contributed by atoms with E-state index in [1.165, 1.54) is 14.0 Å². The third-order valence-electron chi connectivity index (χ3n) is 3.94. The first-order valence-electron chi connectivity index (χ1n) is 9.20. The summed E-state index contributed by atoms with van der Waals surface area (Å²) >= 11 is 0. The number of phosphoric ester groups is 1. The van der Waals surface area contributed by atoms with Crippen LogP contribution in [0.25, 0.3) is 0 Å². The monoisotopic (exact) mass is 453 g/mol. The first-order valence-corrected chi connectivity index (χ1v) is 10.7. The SMILES string of the molecule is COC(=O)CCCC(=O)[C@@H]1OP(=O)(OCOC(=O)NCCOC(C)=O)OCC1(C)C. The number of phosphoric acid groups is 1. The van der Waals surface area contributed by atoms with Gasteiger partial charge in [-0.25, -0.2) is 13.9 Å². The standard InChI is InChI=1S/C17H28NO11P/c1-12(19)25-9-8-18-16(22)26-11-28-30(23)27-10-17(2,3)15(29-30)13(20)6-5-7-14(21)24-4/h15H,5-11H2,1-4H3,(H,18,22)/t15-,30?/m0/s1. The van der Waals surface area contributed by atoms with Gasteiger partial charge in [0, 0.05) is 25.2 Å². The molecule has 1 saturated heterocycles. The highest BCUT2D eigenvalue weighted by molar-refractivity contribution is 7.48. The van der Waals surface area contributed by atoms with Crippen molar-refractivity contribution in [3.8, 4) is 0 Å². The van der Waals surface area contributed by atoms with Gasteiger partial charge in [-0.05, 0) is 6.42 Å². The normalized spacial score (nSPS) is 22.6. The molecule has 13 heteroatoms. The third-order valence-corrected chi connectivity index (χ3v) is 5.28. The van der Waals surface area contributed by atoms with Crippen LogP contribution in [-0.2, 0) is 46.7 Å². The number of ether oxygens (including phenoxy) is 3. The molecular formula is C17H28NO11P. The Morgan fingerprint density at radius 3 is 2.50 bits per heavy atom. The molecule has 1 N–H and O–H groups in total. The van der Waals surface area contributed by atoms with Crippen molar-refractivity contribution < 1.29 is 51.5 Å². The van der Waals surface area contributed by atoms with Gasteiger partial charge >= 0.3 is 25.9 Å². The number of rotatable bonds is 11. The van der Waals surface area contributed by atoms with Gasteiger partial charge in [0.05, 0.1) is 20.3 Å². The number of alkyl carbamates (subject to hydrolysis) is 1. The number of esters is 2. The van der Waals surface area contributed by atoms with E-state index in [-0.39, 0.29) is 44.8 Å². The van der Waals surface area contributed by atoms with E-state index in [4.69, 9.17) is 13.6 Å². The molecular weight excluding hydrogens is 425 g/mol. The summed E-state index contributed by atoms with van der Waals surface area (Å²) in [4.78, 5) is 45.8. The highest BCUT2D eigenvalue weighted by Crippen LogP contribution is 2.57. The zero-order chi connectivity index (χ0) is 22.8. The van der Waals surface area contributed by atoms with Gasteiger partial charge in [0.25, 0.3) is 0 Å². The van der Waals surface area contributed by atoms with Crippen LogP contribution in [0.4, 0.5) is 4.79 Å². The van der Waals surface area contributed by atoms with Gasteiger partial charge in [-0.15, -0.1) is 0 Å². The van der Waals surface area contributed by atoms with E-state index in [0.717, 1.165) is 0 Å². The van der Waals surface area contributed by atoms with Crippen LogP contribution in [-0.4, -0.2) is 63.6 Å². The van der Waals surface area contributed by atoms with E-state index in [0.29, 0.717) is 0 Å². The summed E-state index contributed by atoms with van der Waals surface area (Å²) in [6.07, 6.45) is -1.65. The third kappa shape index (κ3) is 9.21. The van der Waals surface area contributed by atoms with Crippen LogP contribution in [0.3, 0.4) is 0 Å². The molecule has 172 valence electrons. The lowest BCUT2D eigenvalue weighted by Gasteiger charge is -2.39. The minimum atomic E-state index is -4.15. The van der Waals surface area contributed by atoms with Crippen molar-refractivity contribution in [2.45, 2.75) is 46.1 Å². The summed E-state index contributed by atoms with van der Waals surface area (Å²) in [6, 6.07) is 0. The number of hydrogen-bond donors (Lipinski definition) is 1. The minimum Gasteiger partial charge on any atom is -0.469 e. The van der Waals surface area contributed by atoms with Crippen molar-refractivity contribution in [1.82, 2.24) is 5.32 Å². The maximum absolute atomic E-state index is 12.6. The van der Waals surface area contributed by atoms with Crippen molar-refractivity contribution in [1.29, 1.82) is 0 Å². The van der Waals surface area contributed by atoms with E-state index < -0.39 is 44.2 Å². The molecule has 1 fully saturated rings. The number of methoxy groups -OCH3 is 1. The van der Waals surface area contributed by atoms with Crippen LogP contribution >= 0.6 is 7.82 Å². The molecule has 1 heterocycles. The summed E-state index contributed by atoms with van der Waals surface area (Å²) in [6.45, 7) is 3.77. The number of hydrogen-bond acceptors (Lipinski definition) is 11. The molecule has 1 rings (SSSR count). The number of carbonyl (C=O) groups is 4. The molecule has 12 nitrogen and oxygen atoms in total. The molecule has 0 saturated carbocycles. The molecule has 1 unspecified atom stereocenters. The van der Waals surface area contributed by atoms with Crippen LogP contribution in [0.5, 0.6) is 0 Å². The number of Topliss-reactive ketones (excluding diaryl/α,β-unsaturated/α-hetero) is 1. The zero-order valence-corrected chi connectivity index (χ0v) is 18.4. The minimum absolute atomic E-state index is 0.0133. The smallest absolute Gasteiger partial charge is 0.469 e. The molecule has 0 bridgehead atoms. The molecule has 0 aromatic carbocycles. The molecule has 0 spiro atoms. The van der Waals surface area contributed by atoms with Gasteiger partial charge in [0.15, 0.2) is 5.78 Å². The fraction of sp³-hybridized carbons (Fsp3) is 0.765. The number of amides is 1. The number of ketones is 1. The Bertz CT molecular complexity index is 679. The lowest BCUT2D eigenvalue weighted by molar-refractivity contribution is -0.143. The molecule has 1 aliphatic heterocycles. The van der Waals surface area contributed by atoms with E-state index in [1.807, 2.05) is 0 Å². The lowest BCUT2D eigenvalue weighted by atomic mass is 9.84. The van der Waals surface area contributed by atoms with Crippen molar-refractivity contribution in [2.24, 2.45) is 5.41 Å². The Hall–Kier alpha value is -2.01. The van der Waals surface area contributed by atoms with Crippen LogP contribution in [0.1, 0.15) is 40.0 Å². The van der Waals surface area contributed by atoms with Gasteiger partial charge in [-0.1, -0.05) is 13.8 Å². The maximum atomic E-state index is 12.6. The van der Waals surface area contributed by atoms with Crippen LogP contribution in [0.15, 0.2) is 0 Å². The Kier molecular flexibility index (Phi) is 10.4. The lowest BCUT2D eigenvalue weighted by Crippen LogP contribution is -2.45. The van der Waals surface area contributed by atoms with Crippen LogP contribution in [0.2, 0.25) is 0 Å². The fourth-order valence-electron chi connectivity index (χ4n) is 2.37. The summed E-state index contributed by atoms with van der Waals surface area (Å²) in [5.41, 5.74) is -0.783. The van der Waals surface area contributed by atoms with E-state index in [2.05, 4.69) is 19.5 Å². The molecule has 0 radical (unpaired) electrons. The second-order valence-electron chi connectivity index (χ2n) is 7.04. The fourth-order valence-corrected chi connectivity index (χ4v) is 3.90. The second kappa shape index (κ2) is 12.0. The van der Waals surface area contributed by atoms with E-state index in [1.54, 1.807) is 13.8 Å². The van der Waals surface area contributed by atoms with Crippen LogP contribution < -0.4 is 5.32 Å². The Morgan fingerprint density at radius 1 is 1.17 bits per heavy atom. The topological polar surface area (TPSA) is 153 Å². The summed E-state index contributed by atoms with van der Waals surface area (Å²) in [5, 5.41) is 2.28. The average molecular weight is 453 g/mol. The largest absolute Gasteiger partial charge is 0.478 e.